The summed E-state index contributed by atoms with van der Waals surface area (Å²) < 4.78 is 5.70. The van der Waals surface area contributed by atoms with Crippen LogP contribution in [0, 0.1) is 10.1 Å². The summed E-state index contributed by atoms with van der Waals surface area (Å²) in [5.74, 6) is 0.501. The molecule has 0 aliphatic carbocycles. The average Bonchev–Trinajstić information content (AvgIpc) is 2.95. The van der Waals surface area contributed by atoms with Crippen LogP contribution >= 0.6 is 23.1 Å². The first-order valence-corrected chi connectivity index (χ1v) is 7.66. The second-order valence-electron chi connectivity index (χ2n) is 4.19. The van der Waals surface area contributed by atoms with Crippen LogP contribution in [0.25, 0.3) is 10.9 Å². The van der Waals surface area contributed by atoms with Crippen molar-refractivity contribution < 1.29 is 14.8 Å². The lowest BCUT2D eigenvalue weighted by Gasteiger charge is -2.07. The van der Waals surface area contributed by atoms with Crippen LogP contribution in [0.2, 0.25) is 0 Å². The molecule has 0 spiro atoms. The fraction of sp³-hybridized carbons (Fsp3) is 0.0769. The molecule has 2 heterocycles. The minimum absolute atomic E-state index is 0.00882. The summed E-state index contributed by atoms with van der Waals surface area (Å²) >= 11 is 2.30. The standard InChI is InChI=1S/C13H9N3O4S2/c1-20-11-5-10(8-3-2-7(17)4-9(8)15-11)21-13-14-6-12(22-13)16(18)19/h2-6,17H,1H3. The van der Waals surface area contributed by atoms with Gasteiger partial charge in [0.2, 0.25) is 5.88 Å². The van der Waals surface area contributed by atoms with Crippen LogP contribution < -0.4 is 4.74 Å². The number of ether oxygens (including phenoxy) is 1. The van der Waals surface area contributed by atoms with E-state index in [-0.39, 0.29) is 10.8 Å². The predicted molar refractivity (Wildman–Crippen MR) is 82.9 cm³/mol. The molecule has 3 rings (SSSR count). The number of hydrogen-bond donors (Lipinski definition) is 1. The lowest BCUT2D eigenvalue weighted by atomic mass is 10.2. The highest BCUT2D eigenvalue weighted by molar-refractivity contribution is 8.01. The lowest BCUT2D eigenvalue weighted by molar-refractivity contribution is -0.380. The van der Waals surface area contributed by atoms with Gasteiger partial charge in [0.25, 0.3) is 0 Å². The lowest BCUT2D eigenvalue weighted by Crippen LogP contribution is -1.90. The number of thiazole rings is 1. The third kappa shape index (κ3) is 2.81. The second-order valence-corrected chi connectivity index (χ2v) is 6.49. The van der Waals surface area contributed by atoms with Gasteiger partial charge in [-0.2, -0.15) is 0 Å². The van der Waals surface area contributed by atoms with Gasteiger partial charge in [0, 0.05) is 22.4 Å². The Morgan fingerprint density at radius 3 is 2.91 bits per heavy atom. The SMILES string of the molecule is COc1cc(Sc2ncc([N+](=O)[O-])s2)c2ccc(O)cc2n1. The molecule has 1 aromatic carbocycles. The highest BCUT2D eigenvalue weighted by Crippen LogP contribution is 2.39. The molecule has 3 aromatic rings. The normalized spacial score (nSPS) is 10.8. The maximum absolute atomic E-state index is 10.7. The number of rotatable bonds is 4. The molecule has 2 aromatic heterocycles. The number of nitro groups is 1. The molecule has 9 heteroatoms. The minimum atomic E-state index is -0.467. The molecule has 0 bridgehead atoms. The molecule has 112 valence electrons. The van der Waals surface area contributed by atoms with Crippen molar-refractivity contribution in [3.63, 3.8) is 0 Å². The van der Waals surface area contributed by atoms with Crippen LogP contribution in [-0.4, -0.2) is 27.1 Å². The Hall–Kier alpha value is -2.39. The topological polar surface area (TPSA) is 98.4 Å². The van der Waals surface area contributed by atoms with E-state index in [1.165, 1.54) is 31.1 Å². The molecule has 0 saturated carbocycles. The van der Waals surface area contributed by atoms with E-state index in [2.05, 4.69) is 9.97 Å². The van der Waals surface area contributed by atoms with Gasteiger partial charge in [-0.1, -0.05) is 11.8 Å². The fourth-order valence-electron chi connectivity index (χ4n) is 1.83. The van der Waals surface area contributed by atoms with Gasteiger partial charge in [-0.25, -0.2) is 9.97 Å². The third-order valence-corrected chi connectivity index (χ3v) is 4.87. The van der Waals surface area contributed by atoms with Gasteiger partial charge in [0.1, 0.15) is 11.9 Å². The van der Waals surface area contributed by atoms with Crippen LogP contribution in [-0.2, 0) is 0 Å². The molecular weight excluding hydrogens is 326 g/mol. The summed E-state index contributed by atoms with van der Waals surface area (Å²) in [4.78, 5) is 19.4. The van der Waals surface area contributed by atoms with Crippen molar-refractivity contribution in [3.05, 3.63) is 40.6 Å². The van der Waals surface area contributed by atoms with E-state index in [9.17, 15) is 15.2 Å². The van der Waals surface area contributed by atoms with Crippen molar-refractivity contribution in [2.75, 3.05) is 7.11 Å². The summed E-state index contributed by atoms with van der Waals surface area (Å²) in [7, 11) is 1.50. The Bertz CT molecular complexity index is 866. The average molecular weight is 335 g/mol. The van der Waals surface area contributed by atoms with Gasteiger partial charge >= 0.3 is 5.00 Å². The zero-order valence-electron chi connectivity index (χ0n) is 11.2. The third-order valence-electron chi connectivity index (χ3n) is 2.79. The molecule has 1 N–H and O–H groups in total. The molecule has 22 heavy (non-hydrogen) atoms. The number of methoxy groups -OCH3 is 1. The Morgan fingerprint density at radius 2 is 2.23 bits per heavy atom. The first-order valence-electron chi connectivity index (χ1n) is 6.02. The zero-order valence-corrected chi connectivity index (χ0v) is 12.8. The summed E-state index contributed by atoms with van der Waals surface area (Å²) in [5.41, 5.74) is 0.577. The molecule has 0 aliphatic rings. The van der Waals surface area contributed by atoms with E-state index in [4.69, 9.17) is 4.74 Å². The molecule has 7 nitrogen and oxygen atoms in total. The van der Waals surface area contributed by atoms with Crippen molar-refractivity contribution >= 4 is 39.0 Å². The van der Waals surface area contributed by atoms with E-state index < -0.39 is 4.92 Å². The number of nitrogens with zero attached hydrogens (tertiary/aromatic N) is 3. The van der Waals surface area contributed by atoms with Crippen LogP contribution in [0.5, 0.6) is 11.6 Å². The summed E-state index contributed by atoms with van der Waals surface area (Å²) in [6.07, 6.45) is 1.24. The molecule has 0 amide bonds. The second kappa shape index (κ2) is 5.78. The van der Waals surface area contributed by atoms with Crippen molar-refractivity contribution in [2.24, 2.45) is 0 Å². The fourth-order valence-corrected chi connectivity index (χ4v) is 3.72. The maximum Gasteiger partial charge on any atom is 0.344 e. The van der Waals surface area contributed by atoms with E-state index in [1.807, 2.05) is 0 Å². The molecule has 0 atom stereocenters. The minimum Gasteiger partial charge on any atom is -0.508 e. The number of aromatic nitrogens is 2. The van der Waals surface area contributed by atoms with Gasteiger partial charge in [-0.05, 0) is 23.5 Å². The van der Waals surface area contributed by atoms with Crippen molar-refractivity contribution in [2.45, 2.75) is 9.24 Å². The predicted octanol–water partition coefficient (Wildman–Crippen LogP) is 3.46. The van der Waals surface area contributed by atoms with Crippen molar-refractivity contribution in [3.8, 4) is 11.6 Å². The number of aromatic hydroxyl groups is 1. The van der Waals surface area contributed by atoms with Crippen LogP contribution in [0.3, 0.4) is 0 Å². The Labute approximate surface area is 132 Å². The van der Waals surface area contributed by atoms with E-state index in [0.717, 1.165) is 21.6 Å². The smallest absolute Gasteiger partial charge is 0.344 e. The van der Waals surface area contributed by atoms with E-state index >= 15 is 0 Å². The van der Waals surface area contributed by atoms with Gasteiger partial charge in [-0.15, -0.1) is 0 Å². The summed E-state index contributed by atoms with van der Waals surface area (Å²) in [5, 5.41) is 21.1. The highest BCUT2D eigenvalue weighted by atomic mass is 32.2. The van der Waals surface area contributed by atoms with E-state index in [1.54, 1.807) is 18.2 Å². The maximum atomic E-state index is 10.7. The number of fused-ring (bicyclic) bond motifs is 1. The van der Waals surface area contributed by atoms with Gasteiger partial charge < -0.3 is 9.84 Å². The molecule has 0 aliphatic heterocycles. The number of phenolic OH excluding ortho intramolecular Hbond substituents is 1. The van der Waals surface area contributed by atoms with Gasteiger partial charge in [0.05, 0.1) is 17.5 Å². The van der Waals surface area contributed by atoms with Crippen molar-refractivity contribution in [1.29, 1.82) is 0 Å². The summed E-state index contributed by atoms with van der Waals surface area (Å²) in [6, 6.07) is 6.57. The number of pyridine rings is 1. The van der Waals surface area contributed by atoms with Gasteiger partial charge in [0.15, 0.2) is 4.34 Å². The molecule has 0 unspecified atom stereocenters. The Kier molecular flexibility index (Phi) is 3.82. The first kappa shape index (κ1) is 14.5. The van der Waals surface area contributed by atoms with Crippen LogP contribution in [0.15, 0.2) is 39.7 Å². The zero-order chi connectivity index (χ0) is 15.7. The quantitative estimate of drug-likeness (QED) is 0.576. The van der Waals surface area contributed by atoms with Crippen LogP contribution in [0.1, 0.15) is 0 Å². The van der Waals surface area contributed by atoms with Crippen LogP contribution in [0.4, 0.5) is 5.00 Å². The highest BCUT2D eigenvalue weighted by Gasteiger charge is 2.15. The molecule has 0 fully saturated rings. The Morgan fingerprint density at radius 1 is 1.41 bits per heavy atom. The Balaban J connectivity index is 2.06. The number of phenols is 1. The molecule has 0 radical (unpaired) electrons. The van der Waals surface area contributed by atoms with E-state index in [0.29, 0.717) is 15.7 Å². The molecular formula is C13H9N3O4S2. The van der Waals surface area contributed by atoms with Crippen molar-refractivity contribution in [1.82, 2.24) is 9.97 Å². The monoisotopic (exact) mass is 335 g/mol. The number of benzene rings is 1. The number of hydrogen-bond acceptors (Lipinski definition) is 8. The largest absolute Gasteiger partial charge is 0.508 e. The molecule has 0 saturated heterocycles. The summed E-state index contributed by atoms with van der Waals surface area (Å²) in [6.45, 7) is 0. The first-order chi connectivity index (χ1) is 10.6. The van der Waals surface area contributed by atoms with Gasteiger partial charge in [-0.3, -0.25) is 10.1 Å².